The van der Waals surface area contributed by atoms with Crippen molar-refractivity contribution in [2.45, 2.75) is 12.6 Å². The lowest BCUT2D eigenvalue weighted by atomic mass is 10.2. The molecule has 1 fully saturated rings. The van der Waals surface area contributed by atoms with Crippen LogP contribution in [0.3, 0.4) is 0 Å². The topological polar surface area (TPSA) is 55.7 Å². The fourth-order valence-corrected chi connectivity index (χ4v) is 4.46. The van der Waals surface area contributed by atoms with Crippen LogP contribution in [-0.4, -0.2) is 66.3 Å². The van der Waals surface area contributed by atoms with E-state index in [1.54, 1.807) is 19.2 Å². The van der Waals surface area contributed by atoms with Crippen LogP contribution in [-0.2, 0) is 6.18 Å². The second-order valence-corrected chi connectivity index (χ2v) is 8.89. The molecule has 0 bridgehead atoms. The molecular formula is C27H28F3N5O2. The molecule has 4 aromatic rings. The Balaban J connectivity index is 1.08. The molecule has 0 saturated carbocycles. The molecule has 1 aliphatic heterocycles. The minimum absolute atomic E-state index is 0.193. The predicted molar refractivity (Wildman–Crippen MR) is 136 cm³/mol. The van der Waals surface area contributed by atoms with Crippen LogP contribution in [0.2, 0.25) is 0 Å². The Morgan fingerprint density at radius 3 is 2.32 bits per heavy atom. The van der Waals surface area contributed by atoms with Crippen LogP contribution in [0.25, 0.3) is 16.7 Å². The van der Waals surface area contributed by atoms with Gasteiger partial charge in [0, 0.05) is 32.7 Å². The molecule has 0 N–H and O–H groups in total. The van der Waals surface area contributed by atoms with E-state index in [0.29, 0.717) is 17.8 Å². The Bertz CT molecular complexity index is 1330. The second-order valence-electron chi connectivity index (χ2n) is 8.89. The Labute approximate surface area is 213 Å². The maximum atomic E-state index is 13.0. The third kappa shape index (κ3) is 5.80. The molecule has 0 radical (unpaired) electrons. The summed E-state index contributed by atoms with van der Waals surface area (Å²) in [6.45, 7) is 5.44. The van der Waals surface area contributed by atoms with Gasteiger partial charge in [-0.3, -0.25) is 4.90 Å². The molecule has 0 amide bonds. The standard InChI is InChI=1S/C27H28F3N5O2/c1-36-26-6-3-2-5-25(26)34-16-14-33(15-17-34)13-4-18-37-22-10-8-21(9-11-22)35-31-23-12-7-20(27(28,29)30)19-24(23)32-35/h2-3,5-12,19H,4,13-18H2,1H3. The van der Waals surface area contributed by atoms with Crippen molar-refractivity contribution < 1.29 is 22.6 Å². The molecule has 3 aromatic carbocycles. The van der Waals surface area contributed by atoms with Crippen LogP contribution in [0.5, 0.6) is 11.5 Å². The molecule has 1 aliphatic rings. The fraction of sp³-hybridized carbons (Fsp3) is 0.333. The van der Waals surface area contributed by atoms with Gasteiger partial charge in [0.05, 0.1) is 30.7 Å². The normalized spacial score (nSPS) is 14.8. The average Bonchev–Trinajstić information content (AvgIpc) is 3.35. The fourth-order valence-electron chi connectivity index (χ4n) is 4.46. The van der Waals surface area contributed by atoms with Crippen LogP contribution in [0.15, 0.2) is 66.7 Å². The summed E-state index contributed by atoms with van der Waals surface area (Å²) < 4.78 is 50.2. The zero-order valence-corrected chi connectivity index (χ0v) is 20.5. The Morgan fingerprint density at radius 2 is 1.59 bits per heavy atom. The molecule has 10 heteroatoms. The van der Waals surface area contributed by atoms with Gasteiger partial charge in [-0.05, 0) is 61.0 Å². The summed E-state index contributed by atoms with van der Waals surface area (Å²) in [6, 6.07) is 18.7. The summed E-state index contributed by atoms with van der Waals surface area (Å²) in [6.07, 6.45) is -3.51. The highest BCUT2D eigenvalue weighted by Gasteiger charge is 2.31. The first-order valence-electron chi connectivity index (χ1n) is 12.2. The number of halogens is 3. The third-order valence-corrected chi connectivity index (χ3v) is 6.46. The van der Waals surface area contributed by atoms with Gasteiger partial charge in [0.2, 0.25) is 0 Å². The number of aromatic nitrogens is 3. The molecular weight excluding hydrogens is 483 g/mol. The molecule has 0 aliphatic carbocycles. The molecule has 1 saturated heterocycles. The van der Waals surface area contributed by atoms with Gasteiger partial charge in [-0.15, -0.1) is 10.2 Å². The highest BCUT2D eigenvalue weighted by molar-refractivity contribution is 5.75. The van der Waals surface area contributed by atoms with Crippen LogP contribution < -0.4 is 14.4 Å². The van der Waals surface area contributed by atoms with Crippen molar-refractivity contribution in [2.75, 3.05) is 51.3 Å². The van der Waals surface area contributed by atoms with E-state index < -0.39 is 11.7 Å². The summed E-state index contributed by atoms with van der Waals surface area (Å²) in [5.41, 5.74) is 1.64. The number of para-hydroxylation sites is 2. The zero-order valence-electron chi connectivity index (χ0n) is 20.5. The quantitative estimate of drug-likeness (QED) is 0.309. The SMILES string of the molecule is COc1ccccc1N1CCN(CCCOc2ccc(-n3nc4ccc(C(F)(F)F)cc4n3)cc2)CC1. The maximum Gasteiger partial charge on any atom is 0.416 e. The molecule has 2 heterocycles. The summed E-state index contributed by atoms with van der Waals surface area (Å²) in [5, 5.41) is 8.48. The van der Waals surface area contributed by atoms with Gasteiger partial charge < -0.3 is 14.4 Å². The number of hydrogen-bond donors (Lipinski definition) is 0. The Morgan fingerprint density at radius 1 is 0.865 bits per heavy atom. The van der Waals surface area contributed by atoms with Crippen molar-refractivity contribution >= 4 is 16.7 Å². The second kappa shape index (κ2) is 10.7. The van der Waals surface area contributed by atoms with Gasteiger partial charge in [-0.25, -0.2) is 0 Å². The van der Waals surface area contributed by atoms with E-state index >= 15 is 0 Å². The number of rotatable bonds is 8. The van der Waals surface area contributed by atoms with Gasteiger partial charge in [-0.2, -0.15) is 18.0 Å². The first-order chi connectivity index (χ1) is 17.9. The summed E-state index contributed by atoms with van der Waals surface area (Å²) in [7, 11) is 1.70. The molecule has 0 unspecified atom stereocenters. The lowest BCUT2D eigenvalue weighted by molar-refractivity contribution is -0.137. The number of nitrogens with zero attached hydrogens (tertiary/aromatic N) is 5. The van der Waals surface area contributed by atoms with Crippen LogP contribution in [0.4, 0.5) is 18.9 Å². The number of hydrogen-bond acceptors (Lipinski definition) is 6. The number of fused-ring (bicyclic) bond motifs is 1. The van der Waals surface area contributed by atoms with E-state index in [0.717, 1.165) is 68.5 Å². The molecule has 5 rings (SSSR count). The third-order valence-electron chi connectivity index (χ3n) is 6.46. The van der Waals surface area contributed by atoms with E-state index in [9.17, 15) is 13.2 Å². The van der Waals surface area contributed by atoms with Crippen molar-refractivity contribution in [1.29, 1.82) is 0 Å². The molecule has 37 heavy (non-hydrogen) atoms. The lowest BCUT2D eigenvalue weighted by Crippen LogP contribution is -2.46. The zero-order chi connectivity index (χ0) is 25.8. The molecule has 194 valence electrons. The van der Waals surface area contributed by atoms with Crippen molar-refractivity contribution in [2.24, 2.45) is 0 Å². The number of ether oxygens (including phenoxy) is 2. The highest BCUT2D eigenvalue weighted by Crippen LogP contribution is 2.31. The van der Waals surface area contributed by atoms with Gasteiger partial charge in [0.1, 0.15) is 22.5 Å². The van der Waals surface area contributed by atoms with E-state index in [-0.39, 0.29) is 5.52 Å². The highest BCUT2D eigenvalue weighted by atomic mass is 19.4. The van der Waals surface area contributed by atoms with Gasteiger partial charge in [0.15, 0.2) is 0 Å². The lowest BCUT2D eigenvalue weighted by Gasteiger charge is -2.36. The number of piperazine rings is 1. The van der Waals surface area contributed by atoms with Gasteiger partial charge in [0.25, 0.3) is 0 Å². The van der Waals surface area contributed by atoms with Crippen LogP contribution in [0.1, 0.15) is 12.0 Å². The van der Waals surface area contributed by atoms with E-state index in [4.69, 9.17) is 9.47 Å². The minimum Gasteiger partial charge on any atom is -0.495 e. The van der Waals surface area contributed by atoms with Crippen molar-refractivity contribution in [3.8, 4) is 17.2 Å². The van der Waals surface area contributed by atoms with Crippen LogP contribution >= 0.6 is 0 Å². The minimum atomic E-state index is -4.42. The molecule has 0 spiro atoms. The molecule has 0 atom stereocenters. The van der Waals surface area contributed by atoms with Crippen molar-refractivity contribution in [1.82, 2.24) is 19.9 Å². The first-order valence-corrected chi connectivity index (χ1v) is 12.2. The predicted octanol–water partition coefficient (Wildman–Crippen LogP) is 5.04. The smallest absolute Gasteiger partial charge is 0.416 e. The Kier molecular flexibility index (Phi) is 7.18. The van der Waals surface area contributed by atoms with Gasteiger partial charge >= 0.3 is 6.18 Å². The Hall–Kier alpha value is -3.79. The largest absolute Gasteiger partial charge is 0.495 e. The summed E-state index contributed by atoms with van der Waals surface area (Å²) in [4.78, 5) is 6.13. The van der Waals surface area contributed by atoms with Crippen molar-refractivity contribution in [3.63, 3.8) is 0 Å². The summed E-state index contributed by atoms with van der Waals surface area (Å²) in [5.74, 6) is 1.63. The van der Waals surface area contributed by atoms with E-state index in [1.807, 2.05) is 30.3 Å². The molecule has 7 nitrogen and oxygen atoms in total. The van der Waals surface area contributed by atoms with Crippen molar-refractivity contribution in [3.05, 3.63) is 72.3 Å². The summed E-state index contributed by atoms with van der Waals surface area (Å²) >= 11 is 0. The maximum absolute atomic E-state index is 13.0. The number of anilines is 1. The number of methoxy groups -OCH3 is 1. The van der Waals surface area contributed by atoms with E-state index in [2.05, 4.69) is 26.1 Å². The number of benzene rings is 3. The van der Waals surface area contributed by atoms with Gasteiger partial charge in [-0.1, -0.05) is 12.1 Å². The first kappa shape index (κ1) is 24.9. The molecule has 1 aromatic heterocycles. The van der Waals surface area contributed by atoms with E-state index in [1.165, 1.54) is 10.9 Å². The van der Waals surface area contributed by atoms with Crippen LogP contribution in [0, 0.1) is 0 Å². The number of alkyl halides is 3. The average molecular weight is 512 g/mol. The monoisotopic (exact) mass is 511 g/mol.